The van der Waals surface area contributed by atoms with E-state index >= 15 is 0 Å². The van der Waals surface area contributed by atoms with Crippen LogP contribution in [0.2, 0.25) is 0 Å². The lowest BCUT2D eigenvalue weighted by Gasteiger charge is -1.83. The molecule has 0 atom stereocenters. The van der Waals surface area contributed by atoms with Gasteiger partial charge in [-0.05, 0) is 23.6 Å². The Morgan fingerprint density at radius 3 is 3.17 bits per heavy atom. The number of azide groups is 1. The second-order valence-corrected chi connectivity index (χ2v) is 1.91. The van der Waals surface area contributed by atoms with Crippen molar-refractivity contribution in [2.45, 2.75) is 0 Å². The Labute approximate surface area is 69.9 Å². The predicted molar refractivity (Wildman–Crippen MR) is 45.1 cm³/mol. The quantitative estimate of drug-likeness (QED) is 0.266. The van der Waals surface area contributed by atoms with Crippen LogP contribution in [0.1, 0.15) is 5.69 Å². The highest BCUT2D eigenvalue weighted by molar-refractivity contribution is 5.26. The van der Waals surface area contributed by atoms with Crippen molar-refractivity contribution in [2.24, 2.45) is 5.11 Å². The maximum Gasteiger partial charge on any atom is 0.113 e. The van der Waals surface area contributed by atoms with Gasteiger partial charge in [-0.1, -0.05) is 17.1 Å². The van der Waals surface area contributed by atoms with E-state index in [2.05, 4.69) is 26.9 Å². The van der Waals surface area contributed by atoms with Gasteiger partial charge in [0.1, 0.15) is 5.69 Å². The van der Waals surface area contributed by atoms with Gasteiger partial charge in [-0.25, -0.2) is 4.98 Å². The fourth-order valence-corrected chi connectivity index (χ4v) is 0.634. The van der Waals surface area contributed by atoms with Gasteiger partial charge in [0, 0.05) is 11.1 Å². The van der Waals surface area contributed by atoms with Gasteiger partial charge < -0.3 is 0 Å². The van der Waals surface area contributed by atoms with Gasteiger partial charge >= 0.3 is 0 Å². The van der Waals surface area contributed by atoms with E-state index in [1.165, 1.54) is 0 Å². The van der Waals surface area contributed by atoms with Crippen LogP contribution >= 0.6 is 0 Å². The monoisotopic (exact) mass is 158 g/mol. The summed E-state index contributed by atoms with van der Waals surface area (Å²) in [5.41, 5.74) is 8.62. The molecule has 0 aliphatic rings. The van der Waals surface area contributed by atoms with Crippen molar-refractivity contribution >= 4 is 0 Å². The lowest BCUT2D eigenvalue weighted by molar-refractivity contribution is 1.24. The largest absolute Gasteiger partial charge is 0.248 e. The lowest BCUT2D eigenvalue weighted by Crippen LogP contribution is -1.78. The lowest BCUT2D eigenvalue weighted by atomic mass is 10.3. The minimum atomic E-state index is 0.188. The maximum absolute atomic E-state index is 7.94. The molecule has 58 valence electrons. The highest BCUT2D eigenvalue weighted by Gasteiger charge is 1.80. The van der Waals surface area contributed by atoms with Gasteiger partial charge in [-0.15, -0.1) is 0 Å². The molecule has 1 rings (SSSR count). The summed E-state index contributed by atoms with van der Waals surface area (Å²) in [4.78, 5) is 6.54. The van der Waals surface area contributed by atoms with Crippen molar-refractivity contribution in [1.82, 2.24) is 4.98 Å². The number of hydrogen-bond donors (Lipinski definition) is 0. The third-order valence-electron chi connectivity index (χ3n) is 1.09. The molecule has 0 radical (unpaired) electrons. The van der Waals surface area contributed by atoms with Crippen molar-refractivity contribution in [2.75, 3.05) is 6.54 Å². The van der Waals surface area contributed by atoms with Gasteiger partial charge in [0.15, 0.2) is 0 Å². The smallest absolute Gasteiger partial charge is 0.113 e. The van der Waals surface area contributed by atoms with Crippen molar-refractivity contribution in [3.05, 3.63) is 40.5 Å². The number of pyridine rings is 1. The number of hydrogen-bond acceptors (Lipinski definition) is 2. The zero-order valence-corrected chi connectivity index (χ0v) is 6.31. The zero-order chi connectivity index (χ0) is 8.65. The second kappa shape index (κ2) is 4.78. The van der Waals surface area contributed by atoms with Crippen molar-refractivity contribution in [1.29, 1.82) is 0 Å². The highest BCUT2D eigenvalue weighted by atomic mass is 15.1. The average Bonchev–Trinajstić information content (AvgIpc) is 2.14. The van der Waals surface area contributed by atoms with Crippen molar-refractivity contribution in [3.8, 4) is 11.8 Å². The first-order valence-electron chi connectivity index (χ1n) is 3.34. The first-order chi connectivity index (χ1) is 5.93. The van der Waals surface area contributed by atoms with E-state index in [1.807, 2.05) is 12.1 Å². The molecule has 4 heteroatoms. The summed E-state index contributed by atoms with van der Waals surface area (Å²) >= 11 is 0. The molecule has 0 aliphatic carbocycles. The van der Waals surface area contributed by atoms with Crippen LogP contribution in [-0.2, 0) is 0 Å². The topological polar surface area (TPSA) is 61.7 Å². The molecule has 0 saturated carbocycles. The van der Waals surface area contributed by atoms with E-state index in [4.69, 9.17) is 5.53 Å². The highest BCUT2D eigenvalue weighted by Crippen LogP contribution is 1.88. The second-order valence-electron chi connectivity index (χ2n) is 1.91. The van der Waals surface area contributed by atoms with Crippen LogP contribution in [0.3, 0.4) is 0 Å². The molecule has 0 spiro atoms. The van der Waals surface area contributed by atoms with Crippen LogP contribution in [0.25, 0.3) is 10.4 Å². The minimum absolute atomic E-state index is 0.188. The summed E-state index contributed by atoms with van der Waals surface area (Å²) in [5.74, 6) is 5.42. The molecule has 1 aromatic heterocycles. The number of aromatic nitrogens is 1. The molecule has 0 aliphatic heterocycles. The first-order valence-corrected chi connectivity index (χ1v) is 3.34. The Bertz CT molecular complexity index is 340. The van der Waals surface area contributed by atoms with E-state index in [0.717, 1.165) is 0 Å². The van der Waals surface area contributed by atoms with E-state index in [-0.39, 0.29) is 6.54 Å². The molecule has 0 N–H and O–H groups in total. The van der Waals surface area contributed by atoms with Gasteiger partial charge in [-0.2, -0.15) is 0 Å². The maximum atomic E-state index is 7.94. The number of nitrogens with zero attached hydrogens (tertiary/aromatic N) is 4. The van der Waals surface area contributed by atoms with Crippen LogP contribution in [0, 0.1) is 11.8 Å². The van der Waals surface area contributed by atoms with Crippen LogP contribution in [0.5, 0.6) is 0 Å². The van der Waals surface area contributed by atoms with E-state index in [0.29, 0.717) is 5.69 Å². The van der Waals surface area contributed by atoms with Gasteiger partial charge in [0.25, 0.3) is 0 Å². The van der Waals surface area contributed by atoms with Gasteiger partial charge in [0.05, 0.1) is 6.54 Å². The van der Waals surface area contributed by atoms with Crippen molar-refractivity contribution < 1.29 is 0 Å². The standard InChI is InChI=1S/C8H6N4/c9-12-11-7-3-5-8-4-1-2-6-10-8/h1-2,4,6H,7H2. The summed E-state index contributed by atoms with van der Waals surface area (Å²) in [7, 11) is 0. The Kier molecular flexibility index (Phi) is 3.23. The fraction of sp³-hybridized carbons (Fsp3) is 0.125. The van der Waals surface area contributed by atoms with Crippen LogP contribution < -0.4 is 0 Å². The summed E-state index contributed by atoms with van der Waals surface area (Å²) in [6.45, 7) is 0.188. The molecule has 0 fully saturated rings. The van der Waals surface area contributed by atoms with Gasteiger partial charge in [0.2, 0.25) is 0 Å². The van der Waals surface area contributed by atoms with E-state index in [9.17, 15) is 0 Å². The SMILES string of the molecule is [N-]=[N+]=NCC#Cc1ccccn1. The predicted octanol–water partition coefficient (Wildman–Crippen LogP) is 1.74. The third-order valence-corrected chi connectivity index (χ3v) is 1.09. The Balaban J connectivity index is 2.61. The molecule has 1 aromatic rings. The molecule has 12 heavy (non-hydrogen) atoms. The van der Waals surface area contributed by atoms with Gasteiger partial charge in [-0.3, -0.25) is 0 Å². The molecule has 4 nitrogen and oxygen atoms in total. The molecule has 0 aromatic carbocycles. The Morgan fingerprint density at radius 2 is 2.50 bits per heavy atom. The zero-order valence-electron chi connectivity index (χ0n) is 6.31. The minimum Gasteiger partial charge on any atom is -0.248 e. The molecule has 1 heterocycles. The number of rotatable bonds is 1. The molecular weight excluding hydrogens is 152 g/mol. The van der Waals surface area contributed by atoms with Crippen molar-refractivity contribution in [3.63, 3.8) is 0 Å². The van der Waals surface area contributed by atoms with Crippen LogP contribution in [-0.4, -0.2) is 11.5 Å². The first kappa shape index (κ1) is 8.12. The van der Waals surface area contributed by atoms with E-state index < -0.39 is 0 Å². The van der Waals surface area contributed by atoms with Crippen LogP contribution in [0.4, 0.5) is 0 Å². The average molecular weight is 158 g/mol. The van der Waals surface area contributed by atoms with E-state index in [1.54, 1.807) is 12.3 Å². The molecule has 0 bridgehead atoms. The Morgan fingerprint density at radius 1 is 1.58 bits per heavy atom. The molecule has 0 saturated heterocycles. The normalized spacial score (nSPS) is 7.67. The summed E-state index contributed by atoms with van der Waals surface area (Å²) in [6.07, 6.45) is 1.66. The van der Waals surface area contributed by atoms with Crippen LogP contribution in [0.15, 0.2) is 29.5 Å². The fourth-order valence-electron chi connectivity index (χ4n) is 0.634. The molecule has 0 amide bonds. The summed E-state index contributed by atoms with van der Waals surface area (Å²) in [6, 6.07) is 5.46. The molecular formula is C8H6N4. The third kappa shape index (κ3) is 2.74. The summed E-state index contributed by atoms with van der Waals surface area (Å²) < 4.78 is 0. The summed E-state index contributed by atoms with van der Waals surface area (Å²) in [5, 5.41) is 3.27. The Hall–Kier alpha value is -1.98. The molecule has 0 unspecified atom stereocenters.